The molecule has 0 bridgehead atoms. The van der Waals surface area contributed by atoms with Gasteiger partial charge in [-0.15, -0.1) is 11.3 Å². The first-order chi connectivity index (χ1) is 10.3. The van der Waals surface area contributed by atoms with Crippen molar-refractivity contribution >= 4 is 59.9 Å². The molecule has 0 aliphatic carbocycles. The van der Waals surface area contributed by atoms with Crippen LogP contribution in [0, 0.1) is 0 Å². The molecule has 0 spiro atoms. The van der Waals surface area contributed by atoms with Crippen LogP contribution in [0.3, 0.4) is 0 Å². The zero-order chi connectivity index (χ0) is 14.2. The summed E-state index contributed by atoms with van der Waals surface area (Å²) in [7, 11) is 0. The maximum Gasteiger partial charge on any atom is 0.141 e. The van der Waals surface area contributed by atoms with Gasteiger partial charge in [0.1, 0.15) is 12.1 Å². The molecule has 4 nitrogen and oxygen atoms in total. The Morgan fingerprint density at radius 3 is 2.86 bits per heavy atom. The molecule has 0 amide bonds. The second-order valence-electron chi connectivity index (χ2n) is 4.55. The predicted octanol–water partition coefficient (Wildman–Crippen LogP) is 4.75. The molecule has 2 aromatic carbocycles. The number of halogens is 1. The maximum absolute atomic E-state index is 4.37. The molecule has 102 valence electrons. The van der Waals surface area contributed by atoms with Crippen molar-refractivity contribution in [1.29, 1.82) is 0 Å². The Bertz CT molecular complexity index is 951. The third-order valence-corrected chi connectivity index (χ3v) is 4.46. The molecule has 0 unspecified atom stereocenters. The van der Waals surface area contributed by atoms with Gasteiger partial charge in [0.25, 0.3) is 0 Å². The maximum atomic E-state index is 4.37. The molecule has 6 heteroatoms. The summed E-state index contributed by atoms with van der Waals surface area (Å²) >= 11 is 5.09. The summed E-state index contributed by atoms with van der Waals surface area (Å²) in [5.41, 5.74) is 4.69. The molecule has 2 heterocycles. The van der Waals surface area contributed by atoms with Crippen LogP contribution in [0.15, 0.2) is 52.7 Å². The SMILES string of the molecule is Brc1cccc(Nc2ncnc3cc4ncsc4cc23)c1. The summed E-state index contributed by atoms with van der Waals surface area (Å²) in [6.45, 7) is 0. The number of nitrogens with one attached hydrogen (secondary N) is 1. The van der Waals surface area contributed by atoms with E-state index in [0.717, 1.165) is 37.1 Å². The van der Waals surface area contributed by atoms with E-state index in [0.29, 0.717) is 0 Å². The average Bonchev–Trinajstić information content (AvgIpc) is 2.93. The number of aromatic nitrogens is 3. The first-order valence-corrected chi connectivity index (χ1v) is 7.97. The summed E-state index contributed by atoms with van der Waals surface area (Å²) in [4.78, 5) is 13.0. The smallest absolute Gasteiger partial charge is 0.141 e. The van der Waals surface area contributed by atoms with Crippen LogP contribution in [0.5, 0.6) is 0 Å². The van der Waals surface area contributed by atoms with E-state index in [1.165, 1.54) is 0 Å². The first kappa shape index (κ1) is 12.7. The fourth-order valence-corrected chi connectivity index (χ4v) is 3.31. The molecular formula is C15H9BrN4S. The number of hydrogen-bond donors (Lipinski definition) is 1. The zero-order valence-corrected chi connectivity index (χ0v) is 13.1. The lowest BCUT2D eigenvalue weighted by atomic mass is 10.2. The number of anilines is 2. The lowest BCUT2D eigenvalue weighted by Gasteiger charge is -2.08. The van der Waals surface area contributed by atoms with E-state index in [1.54, 1.807) is 17.7 Å². The zero-order valence-electron chi connectivity index (χ0n) is 10.7. The second kappa shape index (κ2) is 5.05. The summed E-state index contributed by atoms with van der Waals surface area (Å²) in [5, 5.41) is 4.34. The molecule has 4 rings (SSSR count). The van der Waals surface area contributed by atoms with Gasteiger partial charge < -0.3 is 5.32 Å². The summed E-state index contributed by atoms with van der Waals surface area (Å²) in [5.74, 6) is 0.799. The van der Waals surface area contributed by atoms with E-state index in [2.05, 4.69) is 42.3 Å². The number of benzene rings is 2. The van der Waals surface area contributed by atoms with Crippen molar-refractivity contribution in [2.45, 2.75) is 0 Å². The Morgan fingerprint density at radius 1 is 1.00 bits per heavy atom. The largest absolute Gasteiger partial charge is 0.340 e. The van der Waals surface area contributed by atoms with Gasteiger partial charge in [0.2, 0.25) is 0 Å². The molecule has 0 saturated carbocycles. The van der Waals surface area contributed by atoms with Gasteiger partial charge in [-0.25, -0.2) is 15.0 Å². The van der Waals surface area contributed by atoms with Crippen molar-refractivity contribution in [2.24, 2.45) is 0 Å². The molecule has 0 saturated heterocycles. The van der Waals surface area contributed by atoms with Crippen LogP contribution in [0.1, 0.15) is 0 Å². The van der Waals surface area contributed by atoms with Crippen molar-refractivity contribution in [3.63, 3.8) is 0 Å². The van der Waals surface area contributed by atoms with Crippen LogP contribution >= 0.6 is 27.3 Å². The fraction of sp³-hybridized carbons (Fsp3) is 0. The van der Waals surface area contributed by atoms with E-state index >= 15 is 0 Å². The Morgan fingerprint density at radius 2 is 1.95 bits per heavy atom. The normalized spacial score (nSPS) is 11.1. The minimum atomic E-state index is 0.799. The fourth-order valence-electron chi connectivity index (χ4n) is 2.21. The van der Waals surface area contributed by atoms with Crippen LogP contribution < -0.4 is 5.32 Å². The van der Waals surface area contributed by atoms with Crippen molar-refractivity contribution in [2.75, 3.05) is 5.32 Å². The van der Waals surface area contributed by atoms with Gasteiger partial charge in [0.15, 0.2) is 0 Å². The van der Waals surface area contributed by atoms with Crippen LogP contribution in [0.25, 0.3) is 21.1 Å². The third-order valence-electron chi connectivity index (χ3n) is 3.17. The number of nitrogens with zero attached hydrogens (tertiary/aromatic N) is 3. The number of fused-ring (bicyclic) bond motifs is 2. The number of hydrogen-bond acceptors (Lipinski definition) is 5. The molecule has 2 aromatic heterocycles. The molecule has 1 N–H and O–H groups in total. The molecule has 0 atom stereocenters. The van der Waals surface area contributed by atoms with Gasteiger partial charge in [-0.1, -0.05) is 22.0 Å². The molecule has 0 radical (unpaired) electrons. The lowest BCUT2D eigenvalue weighted by molar-refractivity contribution is 1.22. The van der Waals surface area contributed by atoms with Crippen LogP contribution in [-0.2, 0) is 0 Å². The van der Waals surface area contributed by atoms with E-state index < -0.39 is 0 Å². The van der Waals surface area contributed by atoms with Crippen molar-refractivity contribution in [3.8, 4) is 0 Å². The molecule has 0 aliphatic rings. The van der Waals surface area contributed by atoms with Gasteiger partial charge in [-0.05, 0) is 30.3 Å². The minimum Gasteiger partial charge on any atom is -0.340 e. The quantitative estimate of drug-likeness (QED) is 0.563. The van der Waals surface area contributed by atoms with Crippen LogP contribution in [0.4, 0.5) is 11.5 Å². The van der Waals surface area contributed by atoms with Crippen molar-refractivity contribution in [1.82, 2.24) is 15.0 Å². The molecule has 0 fully saturated rings. The highest BCUT2D eigenvalue weighted by Gasteiger charge is 2.07. The Hall–Kier alpha value is -2.05. The molecule has 21 heavy (non-hydrogen) atoms. The summed E-state index contributed by atoms with van der Waals surface area (Å²) in [6, 6.07) is 12.1. The lowest BCUT2D eigenvalue weighted by Crippen LogP contribution is -1.95. The van der Waals surface area contributed by atoms with Gasteiger partial charge in [-0.2, -0.15) is 0 Å². The average molecular weight is 357 g/mol. The summed E-state index contributed by atoms with van der Waals surface area (Å²) in [6.07, 6.45) is 1.57. The highest BCUT2D eigenvalue weighted by Crippen LogP contribution is 2.29. The monoisotopic (exact) mass is 356 g/mol. The van der Waals surface area contributed by atoms with Gasteiger partial charge in [-0.3, -0.25) is 0 Å². The standard InChI is InChI=1S/C15H9BrN4S/c16-9-2-1-3-10(4-9)20-15-11-5-14-13(19-8-21-14)6-12(11)17-7-18-15/h1-8H,(H,17,18,20). The van der Waals surface area contributed by atoms with Crippen LogP contribution in [0.2, 0.25) is 0 Å². The highest BCUT2D eigenvalue weighted by molar-refractivity contribution is 9.10. The Kier molecular flexibility index (Phi) is 3.05. The van der Waals surface area contributed by atoms with Crippen molar-refractivity contribution < 1.29 is 0 Å². The third kappa shape index (κ3) is 2.36. The van der Waals surface area contributed by atoms with Gasteiger partial charge in [0, 0.05) is 15.5 Å². The second-order valence-corrected chi connectivity index (χ2v) is 6.35. The summed E-state index contributed by atoms with van der Waals surface area (Å²) < 4.78 is 2.16. The van der Waals surface area contributed by atoms with E-state index in [-0.39, 0.29) is 0 Å². The van der Waals surface area contributed by atoms with Gasteiger partial charge >= 0.3 is 0 Å². The van der Waals surface area contributed by atoms with E-state index in [1.807, 2.05) is 35.8 Å². The van der Waals surface area contributed by atoms with Crippen molar-refractivity contribution in [3.05, 3.63) is 52.7 Å². The Balaban J connectivity index is 1.87. The minimum absolute atomic E-state index is 0.799. The van der Waals surface area contributed by atoms with E-state index in [4.69, 9.17) is 0 Å². The molecular weight excluding hydrogens is 348 g/mol. The first-order valence-electron chi connectivity index (χ1n) is 6.30. The van der Waals surface area contributed by atoms with E-state index in [9.17, 15) is 0 Å². The Labute approximate surface area is 133 Å². The number of thiazole rings is 1. The van der Waals surface area contributed by atoms with Crippen LogP contribution in [-0.4, -0.2) is 15.0 Å². The van der Waals surface area contributed by atoms with Gasteiger partial charge in [0.05, 0.1) is 21.2 Å². The number of rotatable bonds is 2. The molecule has 0 aliphatic heterocycles. The highest BCUT2D eigenvalue weighted by atomic mass is 79.9. The molecule has 4 aromatic rings. The topological polar surface area (TPSA) is 50.7 Å². The predicted molar refractivity (Wildman–Crippen MR) is 90.1 cm³/mol.